The highest BCUT2D eigenvalue weighted by molar-refractivity contribution is 5.77. The van der Waals surface area contributed by atoms with E-state index < -0.39 is 17.9 Å². The molecule has 0 amide bonds. The molecule has 0 spiro atoms. The normalized spacial score (nSPS) is 20.1. The van der Waals surface area contributed by atoms with E-state index in [1.165, 1.54) is 0 Å². The molecule has 1 saturated heterocycles. The third-order valence-electron chi connectivity index (χ3n) is 3.14. The van der Waals surface area contributed by atoms with Crippen molar-refractivity contribution in [2.45, 2.75) is 25.3 Å². The Kier molecular flexibility index (Phi) is 5.37. The number of nitrogens with one attached hydrogen (secondary N) is 1. The summed E-state index contributed by atoms with van der Waals surface area (Å²) < 4.78 is 0. The lowest BCUT2D eigenvalue weighted by Gasteiger charge is -2.30. The number of nitrogens with zero attached hydrogens (tertiary/aromatic N) is 1. The van der Waals surface area contributed by atoms with Crippen LogP contribution >= 0.6 is 0 Å². The SMILES string of the molecule is CN1CCC(NCC(CC(=O)O)C(=O)O)CC1. The molecule has 0 aromatic carbocycles. The predicted octanol–water partition coefficient (Wildman–Crippen LogP) is -0.154. The molecule has 1 heterocycles. The number of hydrogen-bond donors (Lipinski definition) is 3. The molecule has 3 N–H and O–H groups in total. The lowest BCUT2D eigenvalue weighted by atomic mass is 10.0. The van der Waals surface area contributed by atoms with Gasteiger partial charge in [-0.2, -0.15) is 0 Å². The second-order valence-electron chi connectivity index (χ2n) is 4.62. The Morgan fingerprint density at radius 1 is 1.35 bits per heavy atom. The van der Waals surface area contributed by atoms with Crippen molar-refractivity contribution in [3.8, 4) is 0 Å². The van der Waals surface area contributed by atoms with Crippen LogP contribution in [0.2, 0.25) is 0 Å². The fourth-order valence-corrected chi connectivity index (χ4v) is 1.98. The Morgan fingerprint density at radius 2 is 1.94 bits per heavy atom. The topological polar surface area (TPSA) is 89.9 Å². The van der Waals surface area contributed by atoms with Crippen molar-refractivity contribution in [3.63, 3.8) is 0 Å². The standard InChI is InChI=1S/C11H20N2O4/c1-13-4-2-9(3-5-13)12-7-8(11(16)17)6-10(14)15/h8-9,12H,2-7H2,1H3,(H,14,15)(H,16,17). The summed E-state index contributed by atoms with van der Waals surface area (Å²) in [7, 11) is 2.06. The van der Waals surface area contributed by atoms with Crippen LogP contribution in [0.1, 0.15) is 19.3 Å². The molecule has 0 bridgehead atoms. The largest absolute Gasteiger partial charge is 0.481 e. The maximum Gasteiger partial charge on any atom is 0.308 e. The van der Waals surface area contributed by atoms with Gasteiger partial charge in [-0.15, -0.1) is 0 Å². The van der Waals surface area contributed by atoms with E-state index in [0.717, 1.165) is 25.9 Å². The zero-order valence-corrected chi connectivity index (χ0v) is 10.1. The fourth-order valence-electron chi connectivity index (χ4n) is 1.98. The van der Waals surface area contributed by atoms with Crippen LogP contribution in [0.25, 0.3) is 0 Å². The van der Waals surface area contributed by atoms with Crippen LogP contribution in [0.4, 0.5) is 0 Å². The number of rotatable bonds is 6. The fraction of sp³-hybridized carbons (Fsp3) is 0.818. The van der Waals surface area contributed by atoms with Gasteiger partial charge in [0, 0.05) is 12.6 Å². The first kappa shape index (κ1) is 13.9. The summed E-state index contributed by atoms with van der Waals surface area (Å²) in [4.78, 5) is 23.6. The molecule has 0 saturated carbocycles. The average Bonchev–Trinajstić information content (AvgIpc) is 2.25. The molecule has 1 aliphatic rings. The van der Waals surface area contributed by atoms with E-state index in [1.54, 1.807) is 0 Å². The second-order valence-corrected chi connectivity index (χ2v) is 4.62. The molecule has 6 heteroatoms. The molecule has 0 aliphatic carbocycles. The molecular formula is C11H20N2O4. The third-order valence-corrected chi connectivity index (χ3v) is 3.14. The van der Waals surface area contributed by atoms with Crippen LogP contribution in [0.3, 0.4) is 0 Å². The summed E-state index contributed by atoms with van der Waals surface area (Å²) >= 11 is 0. The molecule has 0 aromatic heterocycles. The maximum atomic E-state index is 10.8. The van der Waals surface area contributed by atoms with Crippen molar-refractivity contribution >= 4 is 11.9 Å². The highest BCUT2D eigenvalue weighted by Crippen LogP contribution is 2.10. The van der Waals surface area contributed by atoms with Gasteiger partial charge in [0.1, 0.15) is 0 Å². The molecular weight excluding hydrogens is 224 g/mol. The number of piperidine rings is 1. The highest BCUT2D eigenvalue weighted by Gasteiger charge is 2.23. The zero-order chi connectivity index (χ0) is 12.8. The highest BCUT2D eigenvalue weighted by atomic mass is 16.4. The van der Waals surface area contributed by atoms with Crippen molar-refractivity contribution in [1.82, 2.24) is 10.2 Å². The van der Waals surface area contributed by atoms with Gasteiger partial charge < -0.3 is 20.4 Å². The minimum absolute atomic E-state index is 0.232. The first-order valence-corrected chi connectivity index (χ1v) is 5.85. The smallest absolute Gasteiger partial charge is 0.308 e. The lowest BCUT2D eigenvalue weighted by Crippen LogP contribution is -2.43. The summed E-state index contributed by atoms with van der Waals surface area (Å²) in [5.41, 5.74) is 0. The summed E-state index contributed by atoms with van der Waals surface area (Å²) in [6.07, 6.45) is 1.64. The minimum Gasteiger partial charge on any atom is -0.481 e. The number of hydrogen-bond acceptors (Lipinski definition) is 4. The number of carboxylic acids is 2. The van der Waals surface area contributed by atoms with Crippen molar-refractivity contribution in [1.29, 1.82) is 0 Å². The van der Waals surface area contributed by atoms with Crippen LogP contribution in [-0.2, 0) is 9.59 Å². The molecule has 6 nitrogen and oxygen atoms in total. The molecule has 1 atom stereocenters. The van der Waals surface area contributed by atoms with E-state index in [4.69, 9.17) is 10.2 Å². The summed E-state index contributed by atoms with van der Waals surface area (Å²) in [6, 6.07) is 0.307. The number of carboxylic acid groups (broad SMARTS) is 2. The molecule has 1 rings (SSSR count). The van der Waals surface area contributed by atoms with Crippen LogP contribution in [-0.4, -0.2) is 59.8 Å². The quantitative estimate of drug-likeness (QED) is 0.602. The monoisotopic (exact) mass is 244 g/mol. The van der Waals surface area contributed by atoms with Gasteiger partial charge in [-0.05, 0) is 33.0 Å². The summed E-state index contributed by atoms with van der Waals surface area (Å²) in [5.74, 6) is -2.96. The van der Waals surface area contributed by atoms with Gasteiger partial charge in [0.15, 0.2) is 0 Å². The Morgan fingerprint density at radius 3 is 2.41 bits per heavy atom. The summed E-state index contributed by atoms with van der Waals surface area (Å²) in [6.45, 7) is 2.22. The molecule has 17 heavy (non-hydrogen) atoms. The van der Waals surface area contributed by atoms with Crippen molar-refractivity contribution in [2.24, 2.45) is 5.92 Å². The molecule has 98 valence electrons. The van der Waals surface area contributed by atoms with Gasteiger partial charge in [0.2, 0.25) is 0 Å². The Balaban J connectivity index is 2.31. The predicted molar refractivity (Wildman–Crippen MR) is 61.9 cm³/mol. The Labute approximate surface area is 101 Å². The first-order valence-electron chi connectivity index (χ1n) is 5.85. The Bertz CT molecular complexity index is 275. The van der Waals surface area contributed by atoms with Crippen LogP contribution in [0, 0.1) is 5.92 Å². The maximum absolute atomic E-state index is 10.8. The zero-order valence-electron chi connectivity index (χ0n) is 10.1. The third kappa shape index (κ3) is 5.14. The van der Waals surface area contributed by atoms with E-state index in [2.05, 4.69) is 17.3 Å². The summed E-state index contributed by atoms with van der Waals surface area (Å²) in [5, 5.41) is 20.6. The van der Waals surface area contributed by atoms with Gasteiger partial charge in [-0.25, -0.2) is 0 Å². The van der Waals surface area contributed by atoms with Gasteiger partial charge in [0.25, 0.3) is 0 Å². The van der Waals surface area contributed by atoms with Gasteiger partial charge >= 0.3 is 11.9 Å². The van der Waals surface area contributed by atoms with E-state index in [1.807, 2.05) is 0 Å². The van der Waals surface area contributed by atoms with Gasteiger partial charge in [-0.3, -0.25) is 9.59 Å². The molecule has 1 unspecified atom stereocenters. The van der Waals surface area contributed by atoms with Crippen molar-refractivity contribution < 1.29 is 19.8 Å². The van der Waals surface area contributed by atoms with Gasteiger partial charge in [0.05, 0.1) is 12.3 Å². The van der Waals surface area contributed by atoms with E-state index in [0.29, 0.717) is 6.04 Å². The average molecular weight is 244 g/mol. The van der Waals surface area contributed by atoms with Crippen molar-refractivity contribution in [3.05, 3.63) is 0 Å². The van der Waals surface area contributed by atoms with Gasteiger partial charge in [-0.1, -0.05) is 0 Å². The van der Waals surface area contributed by atoms with E-state index >= 15 is 0 Å². The molecule has 1 aliphatic heterocycles. The number of likely N-dealkylation sites (tertiary alicyclic amines) is 1. The van der Waals surface area contributed by atoms with Crippen LogP contribution < -0.4 is 5.32 Å². The second kappa shape index (κ2) is 6.56. The minimum atomic E-state index is -1.07. The molecule has 0 radical (unpaired) electrons. The number of carbonyl (C=O) groups is 2. The lowest BCUT2D eigenvalue weighted by molar-refractivity contribution is -0.148. The van der Waals surface area contributed by atoms with Crippen LogP contribution in [0.15, 0.2) is 0 Å². The molecule has 0 aromatic rings. The molecule has 1 fully saturated rings. The Hall–Kier alpha value is -1.14. The number of aliphatic carboxylic acids is 2. The van der Waals surface area contributed by atoms with E-state index in [-0.39, 0.29) is 13.0 Å². The van der Waals surface area contributed by atoms with Crippen LogP contribution in [0.5, 0.6) is 0 Å². The van der Waals surface area contributed by atoms with Crippen molar-refractivity contribution in [2.75, 3.05) is 26.7 Å². The first-order chi connectivity index (χ1) is 7.99. The van der Waals surface area contributed by atoms with E-state index in [9.17, 15) is 9.59 Å².